The standard InChI is InChI=1S/C10H21NO3/c12-5-3-1-2-4-11-8-10-9-13-6-7-14-10/h10-12H,1-9H2. The van der Waals surface area contributed by atoms with E-state index in [4.69, 9.17) is 14.6 Å². The van der Waals surface area contributed by atoms with Crippen LogP contribution < -0.4 is 5.32 Å². The Kier molecular flexibility index (Phi) is 6.95. The van der Waals surface area contributed by atoms with Gasteiger partial charge in [0.15, 0.2) is 0 Å². The number of rotatable bonds is 7. The van der Waals surface area contributed by atoms with Crippen molar-refractivity contribution in [2.75, 3.05) is 39.5 Å². The Bertz CT molecular complexity index is 127. The van der Waals surface area contributed by atoms with Crippen LogP contribution in [0, 0.1) is 0 Å². The second-order valence-electron chi connectivity index (χ2n) is 3.56. The number of hydrogen-bond acceptors (Lipinski definition) is 4. The average Bonchev–Trinajstić information content (AvgIpc) is 2.25. The second-order valence-corrected chi connectivity index (χ2v) is 3.56. The fourth-order valence-electron chi connectivity index (χ4n) is 1.46. The zero-order chi connectivity index (χ0) is 10.1. The summed E-state index contributed by atoms with van der Waals surface area (Å²) in [4.78, 5) is 0. The van der Waals surface area contributed by atoms with Crippen molar-refractivity contribution in [2.24, 2.45) is 0 Å². The SMILES string of the molecule is OCCCCCNCC1COCCO1. The van der Waals surface area contributed by atoms with Gasteiger partial charge in [0.2, 0.25) is 0 Å². The molecule has 1 rings (SSSR count). The van der Waals surface area contributed by atoms with Gasteiger partial charge in [0, 0.05) is 13.2 Å². The molecule has 14 heavy (non-hydrogen) atoms. The van der Waals surface area contributed by atoms with Crippen LogP contribution in [-0.2, 0) is 9.47 Å². The first-order valence-corrected chi connectivity index (χ1v) is 5.44. The predicted octanol–water partition coefficient (Wildman–Crippen LogP) is 0.154. The third kappa shape index (κ3) is 5.54. The lowest BCUT2D eigenvalue weighted by Gasteiger charge is -2.23. The summed E-state index contributed by atoms with van der Waals surface area (Å²) in [5.74, 6) is 0. The fourth-order valence-corrected chi connectivity index (χ4v) is 1.46. The van der Waals surface area contributed by atoms with E-state index in [1.807, 2.05) is 0 Å². The Morgan fingerprint density at radius 3 is 2.86 bits per heavy atom. The molecule has 1 unspecified atom stereocenters. The number of aliphatic hydroxyl groups is 1. The summed E-state index contributed by atoms with van der Waals surface area (Å²) >= 11 is 0. The monoisotopic (exact) mass is 203 g/mol. The lowest BCUT2D eigenvalue weighted by Crippen LogP contribution is -2.37. The largest absolute Gasteiger partial charge is 0.396 e. The minimum Gasteiger partial charge on any atom is -0.396 e. The third-order valence-corrected chi connectivity index (χ3v) is 2.27. The van der Waals surface area contributed by atoms with Gasteiger partial charge in [-0.1, -0.05) is 0 Å². The van der Waals surface area contributed by atoms with Gasteiger partial charge in [-0.25, -0.2) is 0 Å². The van der Waals surface area contributed by atoms with Crippen LogP contribution >= 0.6 is 0 Å². The molecule has 2 N–H and O–H groups in total. The number of nitrogens with one attached hydrogen (secondary N) is 1. The van der Waals surface area contributed by atoms with Crippen LogP contribution in [0.5, 0.6) is 0 Å². The van der Waals surface area contributed by atoms with E-state index in [1.54, 1.807) is 0 Å². The van der Waals surface area contributed by atoms with E-state index in [9.17, 15) is 0 Å². The molecule has 0 saturated carbocycles. The van der Waals surface area contributed by atoms with E-state index in [1.165, 1.54) is 0 Å². The van der Waals surface area contributed by atoms with E-state index in [0.717, 1.165) is 45.6 Å². The first kappa shape index (κ1) is 11.9. The molecule has 4 nitrogen and oxygen atoms in total. The van der Waals surface area contributed by atoms with Crippen molar-refractivity contribution in [1.29, 1.82) is 0 Å². The molecule has 1 heterocycles. The third-order valence-electron chi connectivity index (χ3n) is 2.27. The van der Waals surface area contributed by atoms with Gasteiger partial charge >= 0.3 is 0 Å². The Hall–Kier alpha value is -0.160. The molecule has 0 radical (unpaired) electrons. The molecule has 0 aromatic carbocycles. The van der Waals surface area contributed by atoms with Crippen molar-refractivity contribution in [3.63, 3.8) is 0 Å². The summed E-state index contributed by atoms with van der Waals surface area (Å²) in [6.07, 6.45) is 3.34. The molecule has 1 saturated heterocycles. The molecular weight excluding hydrogens is 182 g/mol. The van der Waals surface area contributed by atoms with E-state index < -0.39 is 0 Å². The molecule has 0 spiro atoms. The van der Waals surface area contributed by atoms with Gasteiger partial charge < -0.3 is 19.9 Å². The Morgan fingerprint density at radius 2 is 2.14 bits per heavy atom. The quantitative estimate of drug-likeness (QED) is 0.578. The zero-order valence-corrected chi connectivity index (χ0v) is 8.71. The van der Waals surface area contributed by atoms with Gasteiger partial charge in [-0.2, -0.15) is 0 Å². The maximum absolute atomic E-state index is 8.57. The molecule has 1 fully saturated rings. The molecular formula is C10H21NO3. The molecule has 0 aromatic heterocycles. The maximum Gasteiger partial charge on any atom is 0.0933 e. The first-order valence-electron chi connectivity index (χ1n) is 5.44. The Morgan fingerprint density at radius 1 is 1.21 bits per heavy atom. The summed E-state index contributed by atoms with van der Waals surface area (Å²) < 4.78 is 10.8. The van der Waals surface area contributed by atoms with Crippen molar-refractivity contribution >= 4 is 0 Å². The van der Waals surface area contributed by atoms with E-state index in [-0.39, 0.29) is 6.10 Å². The summed E-state index contributed by atoms with van der Waals surface area (Å²) in [6.45, 7) is 4.34. The van der Waals surface area contributed by atoms with Gasteiger partial charge in [-0.05, 0) is 25.8 Å². The summed E-state index contributed by atoms with van der Waals surface area (Å²) in [5, 5.41) is 11.9. The average molecular weight is 203 g/mol. The van der Waals surface area contributed by atoms with Crippen LogP contribution in [0.1, 0.15) is 19.3 Å². The van der Waals surface area contributed by atoms with Crippen molar-refractivity contribution in [3.8, 4) is 0 Å². The van der Waals surface area contributed by atoms with Crippen molar-refractivity contribution in [1.82, 2.24) is 5.32 Å². The molecule has 0 aliphatic carbocycles. The summed E-state index contributed by atoms with van der Waals surface area (Å²) in [5.41, 5.74) is 0. The first-order chi connectivity index (χ1) is 6.93. The molecule has 1 aliphatic rings. The summed E-state index contributed by atoms with van der Waals surface area (Å²) in [7, 11) is 0. The number of ether oxygens (including phenoxy) is 2. The fraction of sp³-hybridized carbons (Fsp3) is 1.00. The lowest BCUT2D eigenvalue weighted by molar-refractivity contribution is -0.0863. The normalized spacial score (nSPS) is 22.5. The van der Waals surface area contributed by atoms with Gasteiger partial charge in [0.05, 0.1) is 25.9 Å². The predicted molar refractivity (Wildman–Crippen MR) is 54.4 cm³/mol. The zero-order valence-electron chi connectivity index (χ0n) is 8.71. The molecule has 1 atom stereocenters. The van der Waals surface area contributed by atoms with Crippen LogP contribution in [0.4, 0.5) is 0 Å². The topological polar surface area (TPSA) is 50.7 Å². The Balaban J connectivity index is 1.82. The minimum absolute atomic E-state index is 0.224. The van der Waals surface area contributed by atoms with Crippen LogP contribution in [0.15, 0.2) is 0 Å². The van der Waals surface area contributed by atoms with Gasteiger partial charge in [0.1, 0.15) is 0 Å². The number of aliphatic hydroxyl groups excluding tert-OH is 1. The van der Waals surface area contributed by atoms with Gasteiger partial charge in [0.25, 0.3) is 0 Å². The van der Waals surface area contributed by atoms with Crippen molar-refractivity contribution in [2.45, 2.75) is 25.4 Å². The van der Waals surface area contributed by atoms with E-state index >= 15 is 0 Å². The minimum atomic E-state index is 0.224. The maximum atomic E-state index is 8.57. The van der Waals surface area contributed by atoms with Crippen LogP contribution in [0.3, 0.4) is 0 Å². The van der Waals surface area contributed by atoms with Crippen LogP contribution in [0.25, 0.3) is 0 Å². The Labute approximate surface area is 85.6 Å². The molecule has 0 aromatic rings. The lowest BCUT2D eigenvalue weighted by atomic mass is 10.2. The molecule has 1 aliphatic heterocycles. The van der Waals surface area contributed by atoms with Gasteiger partial charge in [-0.3, -0.25) is 0 Å². The second kappa shape index (κ2) is 8.17. The number of unbranched alkanes of at least 4 members (excludes halogenated alkanes) is 2. The van der Waals surface area contributed by atoms with Crippen molar-refractivity contribution < 1.29 is 14.6 Å². The highest BCUT2D eigenvalue weighted by Gasteiger charge is 2.12. The highest BCUT2D eigenvalue weighted by molar-refractivity contribution is 4.63. The smallest absolute Gasteiger partial charge is 0.0933 e. The highest BCUT2D eigenvalue weighted by atomic mass is 16.6. The number of hydrogen-bond donors (Lipinski definition) is 2. The van der Waals surface area contributed by atoms with Crippen LogP contribution in [0.2, 0.25) is 0 Å². The van der Waals surface area contributed by atoms with Crippen molar-refractivity contribution in [3.05, 3.63) is 0 Å². The van der Waals surface area contributed by atoms with E-state index in [0.29, 0.717) is 13.2 Å². The highest BCUT2D eigenvalue weighted by Crippen LogP contribution is 1.99. The van der Waals surface area contributed by atoms with E-state index in [2.05, 4.69) is 5.32 Å². The molecule has 0 amide bonds. The molecule has 4 heteroatoms. The molecule has 84 valence electrons. The van der Waals surface area contributed by atoms with Crippen LogP contribution in [-0.4, -0.2) is 50.7 Å². The van der Waals surface area contributed by atoms with Gasteiger partial charge in [-0.15, -0.1) is 0 Å². The summed E-state index contributed by atoms with van der Waals surface area (Å²) in [6, 6.07) is 0. The molecule has 0 bridgehead atoms.